The maximum absolute atomic E-state index is 6.57. The van der Waals surface area contributed by atoms with E-state index < -0.39 is 0 Å². The molecule has 0 fully saturated rings. The van der Waals surface area contributed by atoms with Crippen molar-refractivity contribution in [2.24, 2.45) is 0 Å². The Morgan fingerprint density at radius 3 is 1.08 bits per heavy atom. The summed E-state index contributed by atoms with van der Waals surface area (Å²) >= 11 is 0. The van der Waals surface area contributed by atoms with Crippen molar-refractivity contribution < 1.29 is 8.83 Å². The third kappa shape index (κ3) is 6.10. The standard InChI is InChI=1S/C68H41NO2/c1-2-14-44(15-3-1)65-53-18-4-6-20-55(53)66(56-21-7-5-19-54(56)65)45-30-28-42(29-31-45)43-32-36-48(37-33-43)69-61-38-34-46(49-22-12-24-57-51-16-8-10-26-63(51)70-67(49)57)40-59(61)60-41-47(35-39-62(60)69)50-23-13-25-58-52-17-9-11-27-64(52)71-68(50)58/h1-41H. The Morgan fingerprint density at radius 2 is 0.606 bits per heavy atom. The molecule has 0 radical (unpaired) electrons. The number of hydrogen-bond donors (Lipinski definition) is 0. The average molecular weight is 904 g/mol. The van der Waals surface area contributed by atoms with Gasteiger partial charge < -0.3 is 13.4 Å². The maximum Gasteiger partial charge on any atom is 0.143 e. The summed E-state index contributed by atoms with van der Waals surface area (Å²) in [5.74, 6) is 0. The van der Waals surface area contributed by atoms with Gasteiger partial charge in [-0.05, 0) is 115 Å². The van der Waals surface area contributed by atoms with Gasteiger partial charge in [-0.1, -0.05) is 200 Å². The minimum absolute atomic E-state index is 0.896. The van der Waals surface area contributed by atoms with E-state index in [1.54, 1.807) is 0 Å². The molecule has 0 unspecified atom stereocenters. The van der Waals surface area contributed by atoms with Gasteiger partial charge in [0.05, 0.1) is 11.0 Å². The normalized spacial score (nSPS) is 11.9. The number of benzene rings is 12. The highest BCUT2D eigenvalue weighted by Crippen LogP contribution is 2.45. The van der Waals surface area contributed by atoms with E-state index in [0.29, 0.717) is 0 Å². The molecule has 0 atom stereocenters. The van der Waals surface area contributed by atoms with Crippen molar-refractivity contribution in [3.8, 4) is 61.3 Å². The van der Waals surface area contributed by atoms with Crippen LogP contribution in [-0.2, 0) is 0 Å². The van der Waals surface area contributed by atoms with E-state index in [1.807, 2.05) is 12.1 Å². The van der Waals surface area contributed by atoms with Crippen LogP contribution in [0.2, 0.25) is 0 Å². The van der Waals surface area contributed by atoms with E-state index in [0.717, 1.165) is 88.4 Å². The first-order valence-corrected chi connectivity index (χ1v) is 24.3. The molecule has 3 nitrogen and oxygen atoms in total. The van der Waals surface area contributed by atoms with Crippen LogP contribution in [0.25, 0.3) is 149 Å². The first kappa shape index (κ1) is 39.5. The molecular formula is C68H41NO2. The van der Waals surface area contributed by atoms with Crippen LogP contribution in [0.15, 0.2) is 258 Å². The van der Waals surface area contributed by atoms with Gasteiger partial charge in [-0.15, -0.1) is 0 Å². The lowest BCUT2D eigenvalue weighted by molar-refractivity contribution is 0.669. The number of para-hydroxylation sites is 4. The monoisotopic (exact) mass is 903 g/mol. The van der Waals surface area contributed by atoms with Gasteiger partial charge in [-0.3, -0.25) is 0 Å². The third-order valence-electron chi connectivity index (χ3n) is 14.8. The fraction of sp³-hybridized carbons (Fsp3) is 0. The number of aromatic nitrogens is 1. The first-order valence-electron chi connectivity index (χ1n) is 24.3. The second kappa shape index (κ2) is 15.5. The van der Waals surface area contributed by atoms with Gasteiger partial charge in [0.2, 0.25) is 0 Å². The van der Waals surface area contributed by atoms with E-state index in [9.17, 15) is 0 Å². The Hall–Kier alpha value is -9.44. The second-order valence-corrected chi connectivity index (χ2v) is 18.7. The fourth-order valence-electron chi connectivity index (χ4n) is 11.6. The average Bonchev–Trinajstić information content (AvgIpc) is 4.12. The van der Waals surface area contributed by atoms with Crippen LogP contribution in [0, 0.1) is 0 Å². The van der Waals surface area contributed by atoms with E-state index in [-0.39, 0.29) is 0 Å². The highest BCUT2D eigenvalue weighted by atomic mass is 16.3. The molecule has 0 saturated carbocycles. The predicted molar refractivity (Wildman–Crippen MR) is 298 cm³/mol. The van der Waals surface area contributed by atoms with Crippen molar-refractivity contribution in [3.05, 3.63) is 249 Å². The predicted octanol–water partition coefficient (Wildman–Crippen LogP) is 19.2. The summed E-state index contributed by atoms with van der Waals surface area (Å²) in [5, 5.41) is 11.9. The zero-order valence-corrected chi connectivity index (χ0v) is 38.4. The quantitative estimate of drug-likeness (QED) is 0.156. The molecule has 0 amide bonds. The van der Waals surface area contributed by atoms with Crippen LogP contribution in [0.4, 0.5) is 0 Å². The zero-order valence-electron chi connectivity index (χ0n) is 38.4. The molecule has 330 valence electrons. The SMILES string of the molecule is c1ccc(-c2c3ccccc3c(-c3ccc(-c4ccc(-n5c6ccc(-c7cccc8c7oc7ccccc78)cc6c6cc(-c7cccc8c7oc7ccccc78)ccc65)cc4)cc3)c3ccccc23)cc1. The first-order chi connectivity index (χ1) is 35.2. The third-order valence-corrected chi connectivity index (χ3v) is 14.8. The van der Waals surface area contributed by atoms with Crippen LogP contribution < -0.4 is 0 Å². The van der Waals surface area contributed by atoms with E-state index in [1.165, 1.54) is 60.1 Å². The van der Waals surface area contributed by atoms with Crippen LogP contribution in [-0.4, -0.2) is 4.57 Å². The maximum atomic E-state index is 6.57. The molecule has 0 spiro atoms. The zero-order chi connectivity index (χ0) is 46.6. The lowest BCUT2D eigenvalue weighted by atomic mass is 9.86. The molecular weight excluding hydrogens is 863 g/mol. The van der Waals surface area contributed by atoms with E-state index >= 15 is 0 Å². The Labute approximate surface area is 408 Å². The van der Waals surface area contributed by atoms with E-state index in [4.69, 9.17) is 8.83 Å². The molecule has 3 heterocycles. The molecule has 3 aromatic heterocycles. The van der Waals surface area contributed by atoms with Crippen molar-refractivity contribution in [3.63, 3.8) is 0 Å². The Morgan fingerprint density at radius 1 is 0.239 bits per heavy atom. The lowest BCUT2D eigenvalue weighted by Crippen LogP contribution is -1.94. The summed E-state index contributed by atoms with van der Waals surface area (Å²) in [7, 11) is 0. The highest BCUT2D eigenvalue weighted by molar-refractivity contribution is 6.22. The number of fused-ring (bicyclic) bond motifs is 11. The molecule has 71 heavy (non-hydrogen) atoms. The molecule has 0 bridgehead atoms. The minimum atomic E-state index is 0.896. The number of hydrogen-bond acceptors (Lipinski definition) is 2. The summed E-state index contributed by atoms with van der Waals surface area (Å²) in [6.45, 7) is 0. The summed E-state index contributed by atoms with van der Waals surface area (Å²) in [5.41, 5.74) is 18.6. The molecule has 0 aliphatic heterocycles. The van der Waals surface area contributed by atoms with Crippen LogP contribution in [0.5, 0.6) is 0 Å². The Bertz CT molecular complexity index is 4380. The molecule has 3 heteroatoms. The second-order valence-electron chi connectivity index (χ2n) is 18.7. The summed E-state index contributed by atoms with van der Waals surface area (Å²) in [6.07, 6.45) is 0. The largest absolute Gasteiger partial charge is 0.455 e. The highest BCUT2D eigenvalue weighted by Gasteiger charge is 2.20. The molecule has 0 aliphatic carbocycles. The molecule has 15 aromatic rings. The molecule has 0 aliphatic rings. The van der Waals surface area contributed by atoms with Gasteiger partial charge >= 0.3 is 0 Å². The molecule has 12 aromatic carbocycles. The van der Waals surface area contributed by atoms with Gasteiger partial charge in [-0.2, -0.15) is 0 Å². The lowest BCUT2D eigenvalue weighted by Gasteiger charge is -2.18. The van der Waals surface area contributed by atoms with Crippen LogP contribution in [0.1, 0.15) is 0 Å². The summed E-state index contributed by atoms with van der Waals surface area (Å²) in [4.78, 5) is 0. The summed E-state index contributed by atoms with van der Waals surface area (Å²) in [6, 6.07) is 89.9. The van der Waals surface area contributed by atoms with Gasteiger partial charge in [-0.25, -0.2) is 0 Å². The Balaban J connectivity index is 0.855. The van der Waals surface area contributed by atoms with Gasteiger partial charge in [0, 0.05) is 49.1 Å². The number of nitrogens with zero attached hydrogens (tertiary/aromatic N) is 1. The minimum Gasteiger partial charge on any atom is -0.455 e. The molecule has 0 N–H and O–H groups in total. The van der Waals surface area contributed by atoms with Crippen LogP contribution in [0.3, 0.4) is 0 Å². The fourth-order valence-corrected chi connectivity index (χ4v) is 11.6. The van der Waals surface area contributed by atoms with Crippen molar-refractivity contribution in [1.29, 1.82) is 0 Å². The van der Waals surface area contributed by atoms with Gasteiger partial charge in [0.25, 0.3) is 0 Å². The summed E-state index contributed by atoms with van der Waals surface area (Å²) < 4.78 is 15.5. The van der Waals surface area contributed by atoms with Crippen molar-refractivity contribution in [1.82, 2.24) is 4.57 Å². The molecule has 15 rings (SSSR count). The van der Waals surface area contributed by atoms with Crippen molar-refractivity contribution in [2.75, 3.05) is 0 Å². The number of rotatable bonds is 6. The van der Waals surface area contributed by atoms with Crippen LogP contribution >= 0.6 is 0 Å². The smallest absolute Gasteiger partial charge is 0.143 e. The van der Waals surface area contributed by atoms with Gasteiger partial charge in [0.15, 0.2) is 0 Å². The van der Waals surface area contributed by atoms with E-state index in [2.05, 4.69) is 241 Å². The van der Waals surface area contributed by atoms with Gasteiger partial charge in [0.1, 0.15) is 22.3 Å². The van der Waals surface area contributed by atoms with Crippen molar-refractivity contribution >= 4 is 87.2 Å². The molecule has 0 saturated heterocycles. The Kier molecular flexibility index (Phi) is 8.66. The van der Waals surface area contributed by atoms with Crippen molar-refractivity contribution in [2.45, 2.75) is 0 Å². The number of furan rings is 2. The topological polar surface area (TPSA) is 31.2 Å².